The number of carbonyl (C=O) groups is 3. The second kappa shape index (κ2) is 18.6. The van der Waals surface area contributed by atoms with E-state index in [4.69, 9.17) is 4.74 Å². The number of amides is 3. The predicted octanol–water partition coefficient (Wildman–Crippen LogP) is 7.80. The molecule has 3 unspecified atom stereocenters. The van der Waals surface area contributed by atoms with E-state index >= 15 is 0 Å². The van der Waals surface area contributed by atoms with Crippen molar-refractivity contribution in [1.82, 2.24) is 15.5 Å². The summed E-state index contributed by atoms with van der Waals surface area (Å²) in [6, 6.07) is 5.93. The van der Waals surface area contributed by atoms with Crippen LogP contribution in [0.1, 0.15) is 130 Å². The molecule has 1 aromatic rings. The van der Waals surface area contributed by atoms with Gasteiger partial charge in [0.15, 0.2) is 0 Å². The number of alkyl carbamates (subject to hydrolysis) is 1. The molecule has 0 saturated carbocycles. The standard InChI is InChI=1S/C34H57N3O4/c1-10-13-14-15-16-17-22-37(32(39)29(23-25(4)5)36-33(40)41-34(7,8)9)30(31(38)35-26(6)19-11-2)28-21-18-20-27(12-3)24-28/h12,18,20-21,24-26,29-30H,3,10-11,13-17,19,22-23H2,1-2,4-9H3,(H,35,38)(H,36,40). The normalized spacial score (nSPS) is 13.7. The molecule has 7 nitrogen and oxygen atoms in total. The van der Waals surface area contributed by atoms with E-state index in [0.717, 1.165) is 56.1 Å². The van der Waals surface area contributed by atoms with Crippen molar-refractivity contribution in [3.05, 3.63) is 42.0 Å². The predicted molar refractivity (Wildman–Crippen MR) is 169 cm³/mol. The second-order valence-corrected chi connectivity index (χ2v) is 12.6. The molecule has 0 aromatic heterocycles. The highest BCUT2D eigenvalue weighted by atomic mass is 16.6. The molecule has 41 heavy (non-hydrogen) atoms. The highest BCUT2D eigenvalue weighted by Gasteiger charge is 2.36. The lowest BCUT2D eigenvalue weighted by molar-refractivity contribution is -0.143. The van der Waals surface area contributed by atoms with Crippen molar-refractivity contribution in [3.8, 4) is 0 Å². The smallest absolute Gasteiger partial charge is 0.408 e. The molecule has 0 heterocycles. The fraction of sp³-hybridized carbons (Fsp3) is 0.676. The molecule has 0 radical (unpaired) electrons. The van der Waals surface area contributed by atoms with Crippen LogP contribution in [0.4, 0.5) is 4.79 Å². The Labute approximate surface area is 249 Å². The number of hydrogen-bond donors (Lipinski definition) is 2. The number of rotatable bonds is 18. The Morgan fingerprint density at radius 2 is 1.63 bits per heavy atom. The lowest BCUT2D eigenvalue weighted by atomic mass is 9.97. The SMILES string of the molecule is C=Cc1cccc(C(C(=O)NC(C)CCC)N(CCCCCCCC)C(=O)C(CC(C)C)NC(=O)OC(C)(C)C)c1. The van der Waals surface area contributed by atoms with Crippen molar-refractivity contribution in [3.63, 3.8) is 0 Å². The number of ether oxygens (including phenoxy) is 1. The molecule has 232 valence electrons. The van der Waals surface area contributed by atoms with E-state index in [-0.39, 0.29) is 23.8 Å². The zero-order chi connectivity index (χ0) is 31.0. The highest BCUT2D eigenvalue weighted by Crippen LogP contribution is 2.26. The molecule has 7 heteroatoms. The molecule has 2 N–H and O–H groups in total. The second-order valence-electron chi connectivity index (χ2n) is 12.6. The van der Waals surface area contributed by atoms with Crippen LogP contribution in [-0.2, 0) is 14.3 Å². The Morgan fingerprint density at radius 3 is 2.22 bits per heavy atom. The number of benzene rings is 1. The number of carbonyl (C=O) groups excluding carboxylic acids is 3. The molecule has 0 bridgehead atoms. The number of nitrogens with zero attached hydrogens (tertiary/aromatic N) is 1. The van der Waals surface area contributed by atoms with Crippen LogP contribution in [-0.4, -0.2) is 47.0 Å². The molecule has 1 aromatic carbocycles. The van der Waals surface area contributed by atoms with E-state index < -0.39 is 23.8 Å². The topological polar surface area (TPSA) is 87.7 Å². The molecule has 0 spiro atoms. The van der Waals surface area contributed by atoms with Gasteiger partial charge in [-0.15, -0.1) is 0 Å². The van der Waals surface area contributed by atoms with Crippen molar-refractivity contribution < 1.29 is 19.1 Å². The first kappa shape index (κ1) is 36.2. The maximum Gasteiger partial charge on any atom is 0.408 e. The molecule has 0 aliphatic carbocycles. The number of hydrogen-bond acceptors (Lipinski definition) is 4. The van der Waals surface area contributed by atoms with Gasteiger partial charge < -0.3 is 20.3 Å². The van der Waals surface area contributed by atoms with Crippen LogP contribution in [0.25, 0.3) is 6.08 Å². The van der Waals surface area contributed by atoms with Gasteiger partial charge in [-0.2, -0.15) is 0 Å². The highest BCUT2D eigenvalue weighted by molar-refractivity contribution is 5.92. The summed E-state index contributed by atoms with van der Waals surface area (Å²) >= 11 is 0. The van der Waals surface area contributed by atoms with Crippen LogP contribution in [0.15, 0.2) is 30.8 Å². The van der Waals surface area contributed by atoms with Crippen molar-refractivity contribution in [1.29, 1.82) is 0 Å². The van der Waals surface area contributed by atoms with E-state index in [1.165, 1.54) is 6.42 Å². The van der Waals surface area contributed by atoms with Crippen LogP contribution in [0.2, 0.25) is 0 Å². The molecule has 0 fully saturated rings. The van der Waals surface area contributed by atoms with Crippen LogP contribution in [0.3, 0.4) is 0 Å². The minimum Gasteiger partial charge on any atom is -0.444 e. The molecular weight excluding hydrogens is 514 g/mol. The maximum absolute atomic E-state index is 14.4. The van der Waals surface area contributed by atoms with Crippen molar-refractivity contribution in [2.75, 3.05) is 6.54 Å². The summed E-state index contributed by atoms with van der Waals surface area (Å²) in [5, 5.41) is 5.98. The van der Waals surface area contributed by atoms with Gasteiger partial charge in [0.25, 0.3) is 0 Å². The van der Waals surface area contributed by atoms with Crippen LogP contribution in [0.5, 0.6) is 0 Å². The molecule has 0 saturated heterocycles. The van der Waals surface area contributed by atoms with E-state index in [0.29, 0.717) is 13.0 Å². The van der Waals surface area contributed by atoms with E-state index in [1.807, 2.05) is 45.0 Å². The van der Waals surface area contributed by atoms with Gasteiger partial charge in [-0.3, -0.25) is 9.59 Å². The summed E-state index contributed by atoms with van der Waals surface area (Å²) in [4.78, 5) is 42.8. The third-order valence-electron chi connectivity index (χ3n) is 6.86. The van der Waals surface area contributed by atoms with Crippen molar-refractivity contribution in [2.45, 2.75) is 137 Å². The van der Waals surface area contributed by atoms with Gasteiger partial charge in [0.2, 0.25) is 11.8 Å². The Morgan fingerprint density at radius 1 is 0.976 bits per heavy atom. The summed E-state index contributed by atoms with van der Waals surface area (Å²) in [6.45, 7) is 20.0. The van der Waals surface area contributed by atoms with Gasteiger partial charge >= 0.3 is 6.09 Å². The lowest BCUT2D eigenvalue weighted by Gasteiger charge is -2.35. The first-order valence-electron chi connectivity index (χ1n) is 15.7. The maximum atomic E-state index is 14.4. The minimum atomic E-state index is -0.840. The van der Waals surface area contributed by atoms with E-state index in [9.17, 15) is 14.4 Å². The van der Waals surface area contributed by atoms with Gasteiger partial charge in [-0.05, 0) is 70.1 Å². The molecule has 1 rings (SSSR count). The van der Waals surface area contributed by atoms with Crippen LogP contribution in [0, 0.1) is 5.92 Å². The van der Waals surface area contributed by atoms with E-state index in [2.05, 4.69) is 31.1 Å². The van der Waals surface area contributed by atoms with Gasteiger partial charge in [0.05, 0.1) is 0 Å². The Kier molecular flexibility index (Phi) is 16.4. The van der Waals surface area contributed by atoms with Crippen LogP contribution >= 0.6 is 0 Å². The lowest BCUT2D eigenvalue weighted by Crippen LogP contribution is -2.54. The Hall–Kier alpha value is -2.83. The van der Waals surface area contributed by atoms with Crippen LogP contribution < -0.4 is 10.6 Å². The Bertz CT molecular complexity index is 954. The first-order chi connectivity index (χ1) is 19.3. The Balaban J connectivity index is 3.52. The van der Waals surface area contributed by atoms with Gasteiger partial charge in [0.1, 0.15) is 17.7 Å². The van der Waals surface area contributed by atoms with Crippen molar-refractivity contribution >= 4 is 24.0 Å². The fourth-order valence-corrected chi connectivity index (χ4v) is 4.93. The quantitative estimate of drug-likeness (QED) is 0.176. The summed E-state index contributed by atoms with van der Waals surface area (Å²) in [5.41, 5.74) is 0.902. The average Bonchev–Trinajstić information content (AvgIpc) is 2.87. The molecule has 3 amide bonds. The monoisotopic (exact) mass is 571 g/mol. The number of nitrogens with one attached hydrogen (secondary N) is 2. The molecular formula is C34H57N3O4. The van der Waals surface area contributed by atoms with E-state index in [1.54, 1.807) is 31.7 Å². The first-order valence-corrected chi connectivity index (χ1v) is 15.7. The average molecular weight is 572 g/mol. The molecule has 0 aliphatic heterocycles. The van der Waals surface area contributed by atoms with Gasteiger partial charge in [-0.25, -0.2) is 4.79 Å². The van der Waals surface area contributed by atoms with Gasteiger partial charge in [-0.1, -0.05) is 97.1 Å². The summed E-state index contributed by atoms with van der Waals surface area (Å²) in [7, 11) is 0. The largest absolute Gasteiger partial charge is 0.444 e. The summed E-state index contributed by atoms with van der Waals surface area (Å²) < 4.78 is 5.51. The minimum absolute atomic E-state index is 0.0325. The zero-order valence-corrected chi connectivity index (χ0v) is 27.1. The molecule has 0 aliphatic rings. The third kappa shape index (κ3) is 14.1. The van der Waals surface area contributed by atoms with Gasteiger partial charge in [0, 0.05) is 12.6 Å². The van der Waals surface area contributed by atoms with Crippen molar-refractivity contribution in [2.24, 2.45) is 5.92 Å². The molecule has 3 atom stereocenters. The number of unbranched alkanes of at least 4 members (excludes halogenated alkanes) is 5. The summed E-state index contributed by atoms with van der Waals surface area (Å²) in [5.74, 6) is -0.354. The zero-order valence-electron chi connectivity index (χ0n) is 27.1. The third-order valence-corrected chi connectivity index (χ3v) is 6.86. The summed E-state index contributed by atoms with van der Waals surface area (Å²) in [6.07, 6.45) is 9.63. The fourth-order valence-electron chi connectivity index (χ4n) is 4.93.